The van der Waals surface area contributed by atoms with Gasteiger partial charge < -0.3 is 20.8 Å². The fourth-order valence-corrected chi connectivity index (χ4v) is 3.88. The molecule has 0 aromatic carbocycles. The van der Waals surface area contributed by atoms with E-state index in [1.807, 2.05) is 11.8 Å². The average molecular weight is 359 g/mol. The molecule has 26 heavy (non-hydrogen) atoms. The Labute approximate surface area is 154 Å². The zero-order valence-electron chi connectivity index (χ0n) is 16.1. The molecule has 1 aliphatic carbocycles. The fraction of sp³-hybridized carbons (Fsp3) is 0.632. The molecular formula is C19H29N5O2. The standard InChI is InChI=1S/C19H29N5O2/c1-11-5-7-24(8-6-11)17(25)16-12(2)15-13(22-23-18(20)21)9-19(3,4)10-14(15)26-16/h11H,5-10H2,1-4H3,(H4,20,21,23)/b22-13-. The van der Waals surface area contributed by atoms with Crippen LogP contribution in [0, 0.1) is 18.3 Å². The van der Waals surface area contributed by atoms with Crippen molar-refractivity contribution in [1.82, 2.24) is 4.90 Å². The van der Waals surface area contributed by atoms with Crippen molar-refractivity contribution in [2.24, 2.45) is 33.0 Å². The molecule has 0 radical (unpaired) electrons. The van der Waals surface area contributed by atoms with E-state index >= 15 is 0 Å². The van der Waals surface area contributed by atoms with Crippen molar-refractivity contribution in [3.63, 3.8) is 0 Å². The molecule has 0 spiro atoms. The van der Waals surface area contributed by atoms with Crippen LogP contribution in [0.15, 0.2) is 14.6 Å². The number of guanidine groups is 1. The largest absolute Gasteiger partial charge is 0.455 e. The van der Waals surface area contributed by atoms with Crippen LogP contribution in [0.5, 0.6) is 0 Å². The van der Waals surface area contributed by atoms with E-state index in [2.05, 4.69) is 31.0 Å². The lowest BCUT2D eigenvalue weighted by atomic mass is 9.75. The van der Waals surface area contributed by atoms with E-state index in [0.717, 1.165) is 61.4 Å². The first-order valence-corrected chi connectivity index (χ1v) is 9.25. The van der Waals surface area contributed by atoms with Crippen molar-refractivity contribution >= 4 is 17.6 Å². The summed E-state index contributed by atoms with van der Waals surface area (Å²) in [5.74, 6) is 1.80. The van der Waals surface area contributed by atoms with Gasteiger partial charge >= 0.3 is 0 Å². The van der Waals surface area contributed by atoms with E-state index in [4.69, 9.17) is 15.9 Å². The van der Waals surface area contributed by atoms with Crippen molar-refractivity contribution in [2.45, 2.75) is 53.4 Å². The number of carbonyl (C=O) groups excluding carboxylic acids is 1. The van der Waals surface area contributed by atoms with Gasteiger partial charge in [-0.25, -0.2) is 0 Å². The number of amides is 1. The van der Waals surface area contributed by atoms with Gasteiger partial charge in [0.1, 0.15) is 5.76 Å². The Balaban J connectivity index is 1.98. The summed E-state index contributed by atoms with van der Waals surface area (Å²) in [5, 5.41) is 8.07. The summed E-state index contributed by atoms with van der Waals surface area (Å²) in [6.45, 7) is 10.0. The number of rotatable bonds is 2. The van der Waals surface area contributed by atoms with Gasteiger partial charge in [0, 0.05) is 30.6 Å². The van der Waals surface area contributed by atoms with Crippen molar-refractivity contribution in [3.8, 4) is 0 Å². The number of piperidine rings is 1. The Hall–Kier alpha value is -2.31. The number of likely N-dealkylation sites (tertiary alicyclic amines) is 1. The van der Waals surface area contributed by atoms with Gasteiger partial charge in [-0.15, -0.1) is 5.10 Å². The van der Waals surface area contributed by atoms with Gasteiger partial charge in [0.2, 0.25) is 5.96 Å². The number of fused-ring (bicyclic) bond motifs is 1. The van der Waals surface area contributed by atoms with E-state index < -0.39 is 0 Å². The molecule has 0 unspecified atom stereocenters. The molecule has 1 fully saturated rings. The van der Waals surface area contributed by atoms with Gasteiger partial charge in [-0.05, 0) is 37.5 Å². The first-order valence-electron chi connectivity index (χ1n) is 9.25. The Morgan fingerprint density at radius 2 is 1.88 bits per heavy atom. The predicted octanol–water partition coefficient (Wildman–Crippen LogP) is 2.41. The summed E-state index contributed by atoms with van der Waals surface area (Å²) in [4.78, 5) is 14.9. The molecule has 0 bridgehead atoms. The highest BCUT2D eigenvalue weighted by atomic mass is 16.4. The first-order chi connectivity index (χ1) is 12.2. The third kappa shape index (κ3) is 3.61. The monoisotopic (exact) mass is 359 g/mol. The van der Waals surface area contributed by atoms with Crippen LogP contribution in [0.4, 0.5) is 0 Å². The maximum Gasteiger partial charge on any atom is 0.289 e. The van der Waals surface area contributed by atoms with E-state index in [0.29, 0.717) is 11.7 Å². The molecule has 142 valence electrons. The average Bonchev–Trinajstić information content (AvgIpc) is 2.88. The lowest BCUT2D eigenvalue weighted by Crippen LogP contribution is -2.38. The molecule has 7 nitrogen and oxygen atoms in total. The van der Waals surface area contributed by atoms with Gasteiger partial charge in [-0.2, -0.15) is 5.10 Å². The Morgan fingerprint density at radius 3 is 2.50 bits per heavy atom. The molecule has 1 aliphatic heterocycles. The molecule has 1 amide bonds. The van der Waals surface area contributed by atoms with Gasteiger partial charge in [0.15, 0.2) is 5.76 Å². The maximum atomic E-state index is 13.0. The van der Waals surface area contributed by atoms with Crippen LogP contribution < -0.4 is 11.5 Å². The Bertz CT molecular complexity index is 763. The second-order valence-electron chi connectivity index (χ2n) is 8.42. The quantitative estimate of drug-likeness (QED) is 0.480. The molecular weight excluding hydrogens is 330 g/mol. The van der Waals surface area contributed by atoms with Crippen LogP contribution in [0.25, 0.3) is 0 Å². The highest BCUT2D eigenvalue weighted by Gasteiger charge is 2.37. The number of nitrogens with zero attached hydrogens (tertiary/aromatic N) is 3. The van der Waals surface area contributed by atoms with E-state index in [9.17, 15) is 4.79 Å². The van der Waals surface area contributed by atoms with Crippen LogP contribution in [-0.4, -0.2) is 35.6 Å². The van der Waals surface area contributed by atoms with E-state index in [1.54, 1.807) is 0 Å². The summed E-state index contributed by atoms with van der Waals surface area (Å²) in [6.07, 6.45) is 3.56. The fourth-order valence-electron chi connectivity index (χ4n) is 3.88. The number of carbonyl (C=O) groups is 1. The third-order valence-corrected chi connectivity index (χ3v) is 5.34. The zero-order chi connectivity index (χ0) is 19.1. The highest BCUT2D eigenvalue weighted by molar-refractivity contribution is 6.07. The molecule has 1 aromatic heterocycles. The van der Waals surface area contributed by atoms with Crippen LogP contribution in [0.3, 0.4) is 0 Å². The Kier molecular flexibility index (Phi) is 4.82. The zero-order valence-corrected chi connectivity index (χ0v) is 16.1. The first kappa shape index (κ1) is 18.5. The highest BCUT2D eigenvalue weighted by Crippen LogP contribution is 2.39. The van der Waals surface area contributed by atoms with Crippen molar-refractivity contribution in [1.29, 1.82) is 0 Å². The molecule has 1 saturated heterocycles. The third-order valence-electron chi connectivity index (χ3n) is 5.34. The second kappa shape index (κ2) is 6.78. The van der Waals surface area contributed by atoms with E-state index in [1.165, 1.54) is 0 Å². The maximum absolute atomic E-state index is 13.0. The van der Waals surface area contributed by atoms with Gasteiger partial charge in [0.25, 0.3) is 5.91 Å². The molecule has 2 aliphatic rings. The SMILES string of the molecule is Cc1c(C(=O)N2CCC(C)CC2)oc2c1/C(=N\N=C(N)N)CC(C)(C)C2. The van der Waals surface area contributed by atoms with Gasteiger partial charge in [-0.3, -0.25) is 4.79 Å². The lowest BCUT2D eigenvalue weighted by Gasteiger charge is -2.29. The van der Waals surface area contributed by atoms with Gasteiger partial charge in [0.05, 0.1) is 5.71 Å². The Morgan fingerprint density at radius 1 is 1.23 bits per heavy atom. The molecule has 7 heteroatoms. The molecule has 0 atom stereocenters. The number of nitrogens with two attached hydrogens (primary N) is 2. The predicted molar refractivity (Wildman–Crippen MR) is 102 cm³/mol. The van der Waals surface area contributed by atoms with Crippen LogP contribution in [0.1, 0.15) is 67.5 Å². The van der Waals surface area contributed by atoms with Crippen molar-refractivity contribution < 1.29 is 9.21 Å². The van der Waals surface area contributed by atoms with Crippen LogP contribution >= 0.6 is 0 Å². The minimum absolute atomic E-state index is 0.0252. The lowest BCUT2D eigenvalue weighted by molar-refractivity contribution is 0.0661. The number of hydrogen-bond acceptors (Lipinski definition) is 4. The smallest absolute Gasteiger partial charge is 0.289 e. The number of furan rings is 1. The minimum atomic E-state index is -0.0812. The minimum Gasteiger partial charge on any atom is -0.455 e. The summed E-state index contributed by atoms with van der Waals surface area (Å²) in [7, 11) is 0. The molecule has 4 N–H and O–H groups in total. The van der Waals surface area contributed by atoms with Crippen LogP contribution in [0.2, 0.25) is 0 Å². The summed E-state index contributed by atoms with van der Waals surface area (Å²) in [6, 6.07) is 0. The van der Waals surface area contributed by atoms with Gasteiger partial charge in [-0.1, -0.05) is 20.8 Å². The normalized spacial score (nSPS) is 21.5. The second-order valence-corrected chi connectivity index (χ2v) is 8.42. The summed E-state index contributed by atoms with van der Waals surface area (Å²) in [5.41, 5.74) is 13.3. The van der Waals surface area contributed by atoms with E-state index in [-0.39, 0.29) is 17.3 Å². The van der Waals surface area contributed by atoms with Crippen molar-refractivity contribution in [2.75, 3.05) is 13.1 Å². The summed E-state index contributed by atoms with van der Waals surface area (Å²) < 4.78 is 6.07. The topological polar surface area (TPSA) is 110 Å². The molecule has 3 rings (SSSR count). The molecule has 1 aromatic rings. The number of hydrogen-bond donors (Lipinski definition) is 2. The molecule has 0 saturated carbocycles. The summed E-state index contributed by atoms with van der Waals surface area (Å²) >= 11 is 0. The van der Waals surface area contributed by atoms with Crippen molar-refractivity contribution in [3.05, 3.63) is 22.6 Å². The molecule has 2 heterocycles. The van der Waals surface area contributed by atoms with Crippen LogP contribution in [-0.2, 0) is 6.42 Å².